The monoisotopic (exact) mass is 271 g/mol. The summed E-state index contributed by atoms with van der Waals surface area (Å²) in [6, 6.07) is 7.28. The minimum Gasteiger partial charge on any atom is -0.496 e. The smallest absolute Gasteiger partial charge is 0.151 e. The van der Waals surface area contributed by atoms with Crippen molar-refractivity contribution in [1.29, 1.82) is 0 Å². The number of nitrogens with one attached hydrogen (secondary N) is 1. The topological polar surface area (TPSA) is 55.4 Å². The first-order valence-electron chi connectivity index (χ1n) is 6.10. The van der Waals surface area contributed by atoms with Gasteiger partial charge in [0, 0.05) is 17.4 Å². The molecular weight excluding hydrogens is 250 g/mol. The highest BCUT2D eigenvalue weighted by atomic mass is 32.2. The Hall–Kier alpha value is -1.07. The first-order valence-corrected chi connectivity index (χ1v) is 7.93. The number of sulfone groups is 1. The zero-order valence-corrected chi connectivity index (χ0v) is 12.0. The van der Waals surface area contributed by atoms with Crippen LogP contribution in [-0.2, 0) is 9.84 Å². The SMILES string of the molecule is CCNC(CS(=O)(=O)CC)c1ccccc1OC. The molecule has 0 fully saturated rings. The predicted octanol–water partition coefficient (Wildman–Crippen LogP) is 1.78. The molecule has 0 amide bonds. The highest BCUT2D eigenvalue weighted by Gasteiger charge is 2.21. The van der Waals surface area contributed by atoms with Gasteiger partial charge < -0.3 is 10.1 Å². The minimum absolute atomic E-state index is 0.0950. The predicted molar refractivity (Wildman–Crippen MR) is 73.7 cm³/mol. The van der Waals surface area contributed by atoms with Crippen molar-refractivity contribution in [3.63, 3.8) is 0 Å². The number of hydrogen-bond donors (Lipinski definition) is 1. The average Bonchev–Trinajstić information content (AvgIpc) is 2.38. The highest BCUT2D eigenvalue weighted by molar-refractivity contribution is 7.91. The van der Waals surface area contributed by atoms with Crippen LogP contribution in [0.3, 0.4) is 0 Å². The molecule has 18 heavy (non-hydrogen) atoms. The molecule has 1 aromatic carbocycles. The molecule has 0 aromatic heterocycles. The number of hydrogen-bond acceptors (Lipinski definition) is 4. The van der Waals surface area contributed by atoms with Crippen LogP contribution in [-0.4, -0.2) is 33.6 Å². The van der Waals surface area contributed by atoms with Gasteiger partial charge in [0.1, 0.15) is 5.75 Å². The van der Waals surface area contributed by atoms with E-state index in [9.17, 15) is 8.42 Å². The summed E-state index contributed by atoms with van der Waals surface area (Å²) in [4.78, 5) is 0. The van der Waals surface area contributed by atoms with E-state index in [1.807, 2.05) is 31.2 Å². The van der Waals surface area contributed by atoms with Crippen molar-refractivity contribution in [2.45, 2.75) is 19.9 Å². The molecule has 5 heteroatoms. The molecule has 0 aliphatic rings. The number of benzene rings is 1. The molecule has 1 unspecified atom stereocenters. The Morgan fingerprint density at radius 3 is 2.50 bits per heavy atom. The Kier molecular flexibility index (Phi) is 5.62. The fraction of sp³-hybridized carbons (Fsp3) is 0.538. The van der Waals surface area contributed by atoms with Crippen molar-refractivity contribution in [3.05, 3.63) is 29.8 Å². The molecule has 0 saturated heterocycles. The van der Waals surface area contributed by atoms with Crippen molar-refractivity contribution in [3.8, 4) is 5.75 Å². The van der Waals surface area contributed by atoms with Crippen LogP contribution in [0.25, 0.3) is 0 Å². The van der Waals surface area contributed by atoms with Gasteiger partial charge in [-0.1, -0.05) is 32.0 Å². The normalized spacial score (nSPS) is 13.3. The summed E-state index contributed by atoms with van der Waals surface area (Å²) in [7, 11) is -1.44. The molecule has 1 aromatic rings. The van der Waals surface area contributed by atoms with Crippen LogP contribution in [0.4, 0.5) is 0 Å². The van der Waals surface area contributed by atoms with Crippen LogP contribution in [0, 0.1) is 0 Å². The summed E-state index contributed by atoms with van der Waals surface area (Å²) in [6.45, 7) is 4.34. The van der Waals surface area contributed by atoms with Crippen molar-refractivity contribution in [1.82, 2.24) is 5.32 Å². The largest absolute Gasteiger partial charge is 0.496 e. The second-order valence-electron chi connectivity index (χ2n) is 4.05. The molecule has 0 radical (unpaired) electrons. The third kappa shape index (κ3) is 3.99. The first-order chi connectivity index (χ1) is 8.54. The lowest BCUT2D eigenvalue weighted by atomic mass is 10.1. The Labute approximate surface area is 109 Å². The minimum atomic E-state index is -3.03. The summed E-state index contributed by atoms with van der Waals surface area (Å²) in [5.41, 5.74) is 0.888. The van der Waals surface area contributed by atoms with E-state index in [2.05, 4.69) is 5.32 Å². The summed E-state index contributed by atoms with van der Waals surface area (Å²) in [5.74, 6) is 0.969. The first kappa shape index (κ1) is 15.0. The van der Waals surface area contributed by atoms with E-state index in [0.29, 0.717) is 6.54 Å². The molecule has 0 bridgehead atoms. The number of para-hydroxylation sites is 1. The van der Waals surface area contributed by atoms with E-state index < -0.39 is 9.84 Å². The highest BCUT2D eigenvalue weighted by Crippen LogP contribution is 2.25. The summed E-state index contributed by atoms with van der Waals surface area (Å²) in [6.07, 6.45) is 0. The van der Waals surface area contributed by atoms with Gasteiger partial charge in [-0.25, -0.2) is 8.42 Å². The van der Waals surface area contributed by atoms with Gasteiger partial charge in [0.05, 0.1) is 12.9 Å². The van der Waals surface area contributed by atoms with Crippen LogP contribution in [0.2, 0.25) is 0 Å². The zero-order chi connectivity index (χ0) is 13.6. The summed E-state index contributed by atoms with van der Waals surface area (Å²) in [5, 5.41) is 3.20. The lowest BCUT2D eigenvalue weighted by Gasteiger charge is -2.20. The van der Waals surface area contributed by atoms with Crippen LogP contribution < -0.4 is 10.1 Å². The van der Waals surface area contributed by atoms with Crippen LogP contribution >= 0.6 is 0 Å². The molecule has 1 atom stereocenters. The van der Waals surface area contributed by atoms with Gasteiger partial charge in [-0.05, 0) is 12.6 Å². The van der Waals surface area contributed by atoms with Crippen molar-refractivity contribution >= 4 is 9.84 Å². The van der Waals surface area contributed by atoms with E-state index in [4.69, 9.17) is 4.74 Å². The maximum Gasteiger partial charge on any atom is 0.151 e. The lowest BCUT2D eigenvalue weighted by molar-refractivity contribution is 0.402. The quantitative estimate of drug-likeness (QED) is 0.821. The fourth-order valence-corrected chi connectivity index (χ4v) is 2.87. The molecular formula is C13H21NO3S. The molecule has 102 valence electrons. The Morgan fingerprint density at radius 1 is 1.28 bits per heavy atom. The second-order valence-corrected chi connectivity index (χ2v) is 6.45. The maximum absolute atomic E-state index is 11.8. The number of methoxy groups -OCH3 is 1. The van der Waals surface area contributed by atoms with Gasteiger partial charge >= 0.3 is 0 Å². The molecule has 4 nitrogen and oxygen atoms in total. The maximum atomic E-state index is 11.8. The Balaban J connectivity index is 3.04. The Morgan fingerprint density at radius 2 is 1.94 bits per heavy atom. The van der Waals surface area contributed by atoms with Crippen LogP contribution in [0.15, 0.2) is 24.3 Å². The van der Waals surface area contributed by atoms with Gasteiger partial charge in [-0.3, -0.25) is 0 Å². The van der Waals surface area contributed by atoms with E-state index >= 15 is 0 Å². The molecule has 0 heterocycles. The molecule has 1 N–H and O–H groups in total. The van der Waals surface area contributed by atoms with Crippen LogP contribution in [0.1, 0.15) is 25.5 Å². The van der Waals surface area contributed by atoms with Crippen molar-refractivity contribution in [2.24, 2.45) is 0 Å². The molecule has 1 rings (SSSR count). The summed E-state index contributed by atoms with van der Waals surface area (Å²) < 4.78 is 28.8. The van der Waals surface area contributed by atoms with Crippen molar-refractivity contribution < 1.29 is 13.2 Å². The Bertz CT molecular complexity index is 471. The molecule has 0 aliphatic heterocycles. The third-order valence-electron chi connectivity index (χ3n) is 2.83. The zero-order valence-electron chi connectivity index (χ0n) is 11.1. The van der Waals surface area contributed by atoms with E-state index in [1.54, 1.807) is 14.0 Å². The van der Waals surface area contributed by atoms with Gasteiger partial charge in [0.25, 0.3) is 0 Å². The standard InChI is InChI=1S/C13H21NO3S/c1-4-14-12(10-18(15,16)5-2)11-8-6-7-9-13(11)17-3/h6-9,12,14H,4-5,10H2,1-3H3. The van der Waals surface area contributed by atoms with Gasteiger partial charge in [0.15, 0.2) is 9.84 Å². The van der Waals surface area contributed by atoms with Gasteiger partial charge in [0.2, 0.25) is 0 Å². The molecule has 0 saturated carbocycles. The number of rotatable bonds is 7. The average molecular weight is 271 g/mol. The van der Waals surface area contributed by atoms with Gasteiger partial charge in [-0.15, -0.1) is 0 Å². The van der Waals surface area contributed by atoms with Crippen LogP contribution in [0.5, 0.6) is 5.75 Å². The summed E-state index contributed by atoms with van der Waals surface area (Å²) >= 11 is 0. The van der Waals surface area contributed by atoms with E-state index in [-0.39, 0.29) is 17.5 Å². The lowest BCUT2D eigenvalue weighted by Crippen LogP contribution is -2.29. The molecule has 0 aliphatic carbocycles. The fourth-order valence-electron chi connectivity index (χ4n) is 1.83. The van der Waals surface area contributed by atoms with Gasteiger partial charge in [-0.2, -0.15) is 0 Å². The van der Waals surface area contributed by atoms with E-state index in [0.717, 1.165) is 11.3 Å². The van der Waals surface area contributed by atoms with E-state index in [1.165, 1.54) is 0 Å². The number of ether oxygens (including phenoxy) is 1. The molecule has 0 spiro atoms. The third-order valence-corrected chi connectivity index (χ3v) is 4.55. The van der Waals surface area contributed by atoms with Crippen molar-refractivity contribution in [2.75, 3.05) is 25.2 Å². The second kappa shape index (κ2) is 6.75.